The second-order valence-electron chi connectivity index (χ2n) is 7.27. The van der Waals surface area contributed by atoms with Gasteiger partial charge in [-0.1, -0.05) is 6.07 Å². The van der Waals surface area contributed by atoms with Gasteiger partial charge in [0.25, 0.3) is 0 Å². The van der Waals surface area contributed by atoms with Crippen molar-refractivity contribution in [1.29, 1.82) is 0 Å². The number of rotatable bonds is 6. The minimum atomic E-state index is -0.335. The highest BCUT2D eigenvalue weighted by atomic mass is 19.1. The molecule has 1 aromatic carbocycles. The number of pyridine rings is 2. The fourth-order valence-electron chi connectivity index (χ4n) is 2.97. The molecule has 3 aromatic rings. The molecule has 0 radical (unpaired) electrons. The maximum Gasteiger partial charge on any atom is 0.213 e. The molecule has 0 bridgehead atoms. The summed E-state index contributed by atoms with van der Waals surface area (Å²) in [6, 6.07) is 15.3. The summed E-state index contributed by atoms with van der Waals surface area (Å²) in [7, 11) is 0. The topological polar surface area (TPSA) is 106 Å². The van der Waals surface area contributed by atoms with Gasteiger partial charge in [-0.2, -0.15) is 5.10 Å². The fraction of sp³-hybridized carbons (Fsp3) is 0.208. The largest absolute Gasteiger partial charge is 0.471 e. The summed E-state index contributed by atoms with van der Waals surface area (Å²) >= 11 is 0. The van der Waals surface area contributed by atoms with Gasteiger partial charge in [0.15, 0.2) is 0 Å². The van der Waals surface area contributed by atoms with E-state index in [1.807, 2.05) is 31.2 Å². The highest BCUT2D eigenvalue weighted by molar-refractivity contribution is 6.42. The number of amides is 1. The van der Waals surface area contributed by atoms with Gasteiger partial charge < -0.3 is 15.5 Å². The number of hydrogen-bond acceptors (Lipinski definition) is 7. The third-order valence-electron chi connectivity index (χ3n) is 4.79. The zero-order valence-electron chi connectivity index (χ0n) is 18.5. The first-order valence-corrected chi connectivity index (χ1v) is 10.2. The van der Waals surface area contributed by atoms with E-state index in [1.54, 1.807) is 36.2 Å². The molecule has 0 saturated carbocycles. The van der Waals surface area contributed by atoms with Gasteiger partial charge in [0.1, 0.15) is 18.1 Å². The van der Waals surface area contributed by atoms with Crippen molar-refractivity contribution in [3.05, 3.63) is 83.6 Å². The number of aliphatic imine (C=N–C) groups is 1. The lowest BCUT2D eigenvalue weighted by Gasteiger charge is -2.09. The summed E-state index contributed by atoms with van der Waals surface area (Å²) in [5, 5.41) is 3.66. The van der Waals surface area contributed by atoms with Gasteiger partial charge in [-0.25, -0.2) is 14.4 Å². The van der Waals surface area contributed by atoms with Crippen molar-refractivity contribution in [2.45, 2.75) is 26.9 Å². The highest BCUT2D eigenvalue weighted by Gasteiger charge is 2.19. The van der Waals surface area contributed by atoms with Crippen molar-refractivity contribution >= 4 is 23.5 Å². The Morgan fingerprint density at radius 2 is 1.97 bits per heavy atom. The maximum absolute atomic E-state index is 13.0. The summed E-state index contributed by atoms with van der Waals surface area (Å²) in [6.07, 6.45) is 2.59. The van der Waals surface area contributed by atoms with Crippen LogP contribution in [0.15, 0.2) is 70.9 Å². The molecule has 0 atom stereocenters. The third kappa shape index (κ3) is 6.93. The standard InChI is InChI=1S/C18H18FN5O2.C6H7N/c1-12(23-20)17(21-15-5-3-14(19)4-6-15)10-26-18-7-2-13-8-24(11-25)9-16(13)22-18;1-6-4-2-3-5-7-6/h2-7,11H,8-10,20H2,1H3;2-5H,1H3/b21-17?,23-12-;. The van der Waals surface area contributed by atoms with Crippen LogP contribution in [-0.2, 0) is 17.9 Å². The molecule has 0 unspecified atom stereocenters. The smallest absolute Gasteiger partial charge is 0.213 e. The van der Waals surface area contributed by atoms with Crippen molar-refractivity contribution < 1.29 is 13.9 Å². The molecule has 3 heterocycles. The molecule has 1 aliphatic rings. The first-order valence-electron chi connectivity index (χ1n) is 10.2. The van der Waals surface area contributed by atoms with E-state index < -0.39 is 0 Å². The highest BCUT2D eigenvalue weighted by Crippen LogP contribution is 2.22. The first-order chi connectivity index (χ1) is 16.0. The Morgan fingerprint density at radius 3 is 2.58 bits per heavy atom. The SMILES string of the molecule is C/C(=N/N)C(COc1ccc2c(n1)CN(C=O)C2)=Nc1ccc(F)cc1.Cc1ccccn1. The van der Waals surface area contributed by atoms with Gasteiger partial charge in [-0.15, -0.1) is 0 Å². The zero-order valence-corrected chi connectivity index (χ0v) is 18.5. The van der Waals surface area contributed by atoms with Crippen molar-refractivity contribution in [2.24, 2.45) is 15.9 Å². The Kier molecular flexibility index (Phi) is 8.18. The molecular formula is C24H25FN6O2. The van der Waals surface area contributed by atoms with Gasteiger partial charge in [0.2, 0.25) is 12.3 Å². The number of halogens is 1. The minimum Gasteiger partial charge on any atom is -0.471 e. The lowest BCUT2D eigenvalue weighted by atomic mass is 10.2. The molecule has 0 saturated heterocycles. The van der Waals surface area contributed by atoms with Crippen LogP contribution in [0, 0.1) is 12.7 Å². The van der Waals surface area contributed by atoms with Crippen LogP contribution in [0.1, 0.15) is 23.9 Å². The molecule has 1 aliphatic heterocycles. The molecule has 33 heavy (non-hydrogen) atoms. The second kappa shape index (κ2) is 11.5. The summed E-state index contributed by atoms with van der Waals surface area (Å²) in [6.45, 7) is 4.81. The molecule has 0 aliphatic carbocycles. The van der Waals surface area contributed by atoms with E-state index in [1.165, 1.54) is 12.1 Å². The molecule has 170 valence electrons. The van der Waals surface area contributed by atoms with Gasteiger partial charge in [-0.3, -0.25) is 9.78 Å². The van der Waals surface area contributed by atoms with Crippen LogP contribution in [0.5, 0.6) is 5.88 Å². The molecular weight excluding hydrogens is 423 g/mol. The number of hydrogen-bond donors (Lipinski definition) is 1. The molecule has 9 heteroatoms. The maximum atomic E-state index is 13.0. The van der Waals surface area contributed by atoms with Crippen LogP contribution >= 0.6 is 0 Å². The van der Waals surface area contributed by atoms with Crippen LogP contribution in [0.3, 0.4) is 0 Å². The lowest BCUT2D eigenvalue weighted by Crippen LogP contribution is -2.21. The average Bonchev–Trinajstić information content (AvgIpc) is 3.26. The van der Waals surface area contributed by atoms with E-state index in [0.717, 1.165) is 23.4 Å². The van der Waals surface area contributed by atoms with Crippen LogP contribution < -0.4 is 10.6 Å². The molecule has 4 rings (SSSR count). The van der Waals surface area contributed by atoms with Gasteiger partial charge >= 0.3 is 0 Å². The Hall–Kier alpha value is -4.14. The van der Waals surface area contributed by atoms with Crippen molar-refractivity contribution in [1.82, 2.24) is 14.9 Å². The van der Waals surface area contributed by atoms with E-state index in [9.17, 15) is 9.18 Å². The number of nitrogens with two attached hydrogens (primary N) is 1. The Morgan fingerprint density at radius 1 is 1.18 bits per heavy atom. The number of hydrazone groups is 1. The number of aryl methyl sites for hydroxylation is 1. The van der Waals surface area contributed by atoms with Crippen molar-refractivity contribution in [2.75, 3.05) is 6.61 Å². The van der Waals surface area contributed by atoms with E-state index in [0.29, 0.717) is 36.1 Å². The van der Waals surface area contributed by atoms with Gasteiger partial charge in [-0.05, 0) is 61.9 Å². The number of ether oxygens (including phenoxy) is 1. The summed E-state index contributed by atoms with van der Waals surface area (Å²) in [5.41, 5.74) is 4.47. The van der Waals surface area contributed by atoms with E-state index in [2.05, 4.69) is 20.1 Å². The minimum absolute atomic E-state index is 0.104. The van der Waals surface area contributed by atoms with Crippen molar-refractivity contribution in [3.63, 3.8) is 0 Å². The van der Waals surface area contributed by atoms with E-state index >= 15 is 0 Å². The molecule has 2 aromatic heterocycles. The molecule has 8 nitrogen and oxygen atoms in total. The number of fused-ring (bicyclic) bond motifs is 1. The second-order valence-corrected chi connectivity index (χ2v) is 7.27. The van der Waals surface area contributed by atoms with E-state index in [4.69, 9.17) is 10.6 Å². The summed E-state index contributed by atoms with van der Waals surface area (Å²) in [4.78, 5) is 25.3. The molecule has 2 N–H and O–H groups in total. The lowest BCUT2D eigenvalue weighted by molar-refractivity contribution is -0.118. The number of carbonyl (C=O) groups is 1. The van der Waals surface area contributed by atoms with Crippen molar-refractivity contribution in [3.8, 4) is 5.88 Å². The summed E-state index contributed by atoms with van der Waals surface area (Å²) in [5.74, 6) is 5.45. The predicted octanol–water partition coefficient (Wildman–Crippen LogP) is 3.57. The third-order valence-corrected chi connectivity index (χ3v) is 4.79. The van der Waals surface area contributed by atoms with Crippen LogP contribution in [0.2, 0.25) is 0 Å². The number of benzene rings is 1. The monoisotopic (exact) mass is 448 g/mol. The Balaban J connectivity index is 0.000000374. The number of aromatic nitrogens is 2. The summed E-state index contributed by atoms with van der Waals surface area (Å²) < 4.78 is 18.8. The predicted molar refractivity (Wildman–Crippen MR) is 125 cm³/mol. The number of carbonyl (C=O) groups excluding carboxylic acids is 1. The molecule has 0 fully saturated rings. The average molecular weight is 449 g/mol. The molecule has 1 amide bonds. The van der Waals surface area contributed by atoms with Crippen LogP contribution in [0.4, 0.5) is 10.1 Å². The van der Waals surface area contributed by atoms with Gasteiger partial charge in [0.05, 0.1) is 23.6 Å². The number of nitrogens with zero attached hydrogens (tertiary/aromatic N) is 5. The Bertz CT molecular complexity index is 1130. The van der Waals surface area contributed by atoms with Crippen LogP contribution in [-0.4, -0.2) is 39.3 Å². The Labute approximate surface area is 191 Å². The van der Waals surface area contributed by atoms with E-state index in [-0.39, 0.29) is 12.4 Å². The quantitative estimate of drug-likeness (QED) is 0.269. The van der Waals surface area contributed by atoms with Gasteiger partial charge in [0, 0.05) is 24.5 Å². The fourth-order valence-corrected chi connectivity index (χ4v) is 2.97. The first kappa shape index (κ1) is 23.5. The normalized spacial score (nSPS) is 13.1. The van der Waals surface area contributed by atoms with Crippen LogP contribution in [0.25, 0.3) is 0 Å². The molecule has 0 spiro atoms. The zero-order chi connectivity index (χ0) is 23.6.